The van der Waals surface area contributed by atoms with Gasteiger partial charge in [-0.3, -0.25) is 0 Å². The van der Waals surface area contributed by atoms with E-state index in [0.29, 0.717) is 16.2 Å². The number of halogens is 1. The SMILES string of the molecule is CC(C)n1nc([N+](=O)[O-])c2ccc(Cl)nc21. The number of aromatic nitrogens is 3. The largest absolute Gasteiger partial charge is 0.399 e. The number of nitro groups is 1. The molecular weight excluding hydrogens is 232 g/mol. The number of rotatable bonds is 2. The van der Waals surface area contributed by atoms with Gasteiger partial charge in [0.25, 0.3) is 0 Å². The van der Waals surface area contributed by atoms with Crippen molar-refractivity contribution < 1.29 is 4.92 Å². The lowest BCUT2D eigenvalue weighted by atomic mass is 10.3. The van der Waals surface area contributed by atoms with Crippen LogP contribution >= 0.6 is 11.6 Å². The van der Waals surface area contributed by atoms with Crippen LogP contribution in [0.15, 0.2) is 12.1 Å². The fourth-order valence-electron chi connectivity index (χ4n) is 1.47. The molecule has 0 spiro atoms. The summed E-state index contributed by atoms with van der Waals surface area (Å²) in [6.45, 7) is 3.75. The molecule has 0 bridgehead atoms. The van der Waals surface area contributed by atoms with Crippen LogP contribution in [0.3, 0.4) is 0 Å². The molecular formula is C9H9ClN4O2. The van der Waals surface area contributed by atoms with Crippen molar-refractivity contribution in [2.45, 2.75) is 19.9 Å². The Hall–Kier alpha value is -1.69. The molecule has 0 aliphatic carbocycles. The Labute approximate surface area is 96.0 Å². The van der Waals surface area contributed by atoms with Gasteiger partial charge in [-0.05, 0) is 30.9 Å². The van der Waals surface area contributed by atoms with Crippen molar-refractivity contribution >= 4 is 28.5 Å². The molecule has 0 saturated heterocycles. The Morgan fingerprint density at radius 3 is 2.75 bits per heavy atom. The average molecular weight is 241 g/mol. The summed E-state index contributed by atoms with van der Waals surface area (Å²) in [5.41, 5.74) is 0.439. The van der Waals surface area contributed by atoms with Crippen LogP contribution in [-0.2, 0) is 0 Å². The van der Waals surface area contributed by atoms with Gasteiger partial charge in [0.15, 0.2) is 5.65 Å². The van der Waals surface area contributed by atoms with E-state index in [-0.39, 0.29) is 11.9 Å². The summed E-state index contributed by atoms with van der Waals surface area (Å²) in [5, 5.41) is 15.4. The third-order valence-electron chi connectivity index (χ3n) is 2.16. The van der Waals surface area contributed by atoms with Gasteiger partial charge in [-0.25, -0.2) is 4.98 Å². The zero-order valence-corrected chi connectivity index (χ0v) is 9.47. The van der Waals surface area contributed by atoms with Gasteiger partial charge in [0.1, 0.15) is 10.5 Å². The summed E-state index contributed by atoms with van der Waals surface area (Å²) in [5.74, 6) is -0.187. The van der Waals surface area contributed by atoms with Crippen LogP contribution in [0, 0.1) is 10.1 Å². The maximum absolute atomic E-state index is 10.8. The Morgan fingerprint density at radius 2 is 2.19 bits per heavy atom. The minimum atomic E-state index is -0.517. The van der Waals surface area contributed by atoms with E-state index in [9.17, 15) is 10.1 Å². The van der Waals surface area contributed by atoms with Crippen LogP contribution in [0.4, 0.5) is 5.82 Å². The molecule has 2 rings (SSSR count). The molecule has 0 fully saturated rings. The van der Waals surface area contributed by atoms with Crippen molar-refractivity contribution in [3.63, 3.8) is 0 Å². The highest BCUT2D eigenvalue weighted by Crippen LogP contribution is 2.26. The molecule has 0 N–H and O–H groups in total. The normalized spacial score (nSPS) is 11.2. The molecule has 0 aromatic carbocycles. The Kier molecular flexibility index (Phi) is 2.51. The molecule has 0 aliphatic heterocycles. The summed E-state index contributed by atoms with van der Waals surface area (Å²) < 4.78 is 1.50. The lowest BCUT2D eigenvalue weighted by Crippen LogP contribution is -2.04. The van der Waals surface area contributed by atoms with E-state index in [1.807, 2.05) is 13.8 Å². The fraction of sp³-hybridized carbons (Fsp3) is 0.333. The monoisotopic (exact) mass is 240 g/mol. The maximum Gasteiger partial charge on any atom is 0.399 e. The van der Waals surface area contributed by atoms with Crippen LogP contribution in [0.5, 0.6) is 0 Å². The zero-order valence-electron chi connectivity index (χ0n) is 8.72. The van der Waals surface area contributed by atoms with Crippen LogP contribution < -0.4 is 0 Å². The number of nitrogens with zero attached hydrogens (tertiary/aromatic N) is 4. The van der Waals surface area contributed by atoms with E-state index < -0.39 is 4.92 Å². The lowest BCUT2D eigenvalue weighted by molar-refractivity contribution is -0.388. The first-order valence-electron chi connectivity index (χ1n) is 4.70. The first-order chi connectivity index (χ1) is 7.50. The summed E-state index contributed by atoms with van der Waals surface area (Å²) >= 11 is 5.76. The number of pyridine rings is 1. The van der Waals surface area contributed by atoms with Gasteiger partial charge in [-0.1, -0.05) is 11.6 Å². The summed E-state index contributed by atoms with van der Waals surface area (Å²) in [7, 11) is 0. The van der Waals surface area contributed by atoms with Gasteiger partial charge in [0.05, 0.1) is 11.1 Å². The van der Waals surface area contributed by atoms with E-state index >= 15 is 0 Å². The van der Waals surface area contributed by atoms with Crippen molar-refractivity contribution in [2.24, 2.45) is 0 Å². The standard InChI is InChI=1S/C9H9ClN4O2/c1-5(2)13-8-6(3-4-7(10)11-8)9(12-13)14(15)16/h3-5H,1-2H3. The number of hydrogen-bond donors (Lipinski definition) is 0. The Bertz CT molecular complexity index is 564. The van der Waals surface area contributed by atoms with E-state index in [0.717, 1.165) is 0 Å². The lowest BCUT2D eigenvalue weighted by Gasteiger charge is -2.00. The van der Waals surface area contributed by atoms with Crippen LogP contribution in [0.1, 0.15) is 19.9 Å². The minimum absolute atomic E-state index is 0.0119. The van der Waals surface area contributed by atoms with Gasteiger partial charge in [0.2, 0.25) is 0 Å². The molecule has 2 aromatic heterocycles. The van der Waals surface area contributed by atoms with Crippen molar-refractivity contribution in [3.05, 3.63) is 27.4 Å². The van der Waals surface area contributed by atoms with Gasteiger partial charge in [-0.2, -0.15) is 4.68 Å². The molecule has 84 valence electrons. The molecule has 0 amide bonds. The fourth-order valence-corrected chi connectivity index (χ4v) is 1.62. The third kappa shape index (κ3) is 1.61. The molecule has 2 aromatic rings. The van der Waals surface area contributed by atoms with E-state index in [4.69, 9.17) is 11.6 Å². The number of hydrogen-bond acceptors (Lipinski definition) is 4. The molecule has 16 heavy (non-hydrogen) atoms. The molecule has 2 heterocycles. The van der Waals surface area contributed by atoms with E-state index in [2.05, 4.69) is 10.1 Å². The second-order valence-electron chi connectivity index (χ2n) is 3.62. The summed E-state index contributed by atoms with van der Waals surface area (Å²) in [6, 6.07) is 3.07. The molecule has 6 nitrogen and oxygen atoms in total. The van der Waals surface area contributed by atoms with Gasteiger partial charge < -0.3 is 10.1 Å². The second-order valence-corrected chi connectivity index (χ2v) is 4.01. The molecule has 0 radical (unpaired) electrons. The van der Waals surface area contributed by atoms with Crippen LogP contribution in [-0.4, -0.2) is 19.7 Å². The third-order valence-corrected chi connectivity index (χ3v) is 2.37. The average Bonchev–Trinajstić information content (AvgIpc) is 2.56. The van der Waals surface area contributed by atoms with Crippen molar-refractivity contribution in [1.82, 2.24) is 14.8 Å². The highest BCUT2D eigenvalue weighted by molar-refractivity contribution is 6.29. The summed E-state index contributed by atoms with van der Waals surface area (Å²) in [4.78, 5) is 14.3. The molecule has 0 atom stereocenters. The molecule has 0 aliphatic rings. The highest BCUT2D eigenvalue weighted by Gasteiger charge is 2.23. The second kappa shape index (κ2) is 3.71. The predicted molar refractivity (Wildman–Crippen MR) is 59.6 cm³/mol. The molecule has 7 heteroatoms. The Morgan fingerprint density at radius 1 is 1.50 bits per heavy atom. The first-order valence-corrected chi connectivity index (χ1v) is 5.07. The molecule has 0 saturated carbocycles. The van der Waals surface area contributed by atoms with Gasteiger partial charge in [-0.15, -0.1) is 0 Å². The van der Waals surface area contributed by atoms with Crippen LogP contribution in [0.25, 0.3) is 11.0 Å². The quantitative estimate of drug-likeness (QED) is 0.459. The predicted octanol–water partition coefficient (Wildman–Crippen LogP) is 2.57. The van der Waals surface area contributed by atoms with Crippen molar-refractivity contribution in [1.29, 1.82) is 0 Å². The zero-order chi connectivity index (χ0) is 11.9. The first kappa shape index (κ1) is 10.8. The van der Waals surface area contributed by atoms with Crippen molar-refractivity contribution in [3.8, 4) is 0 Å². The summed E-state index contributed by atoms with van der Waals surface area (Å²) in [6.07, 6.45) is 0. The smallest absolute Gasteiger partial charge is 0.358 e. The van der Waals surface area contributed by atoms with Crippen LogP contribution in [0.2, 0.25) is 5.15 Å². The molecule has 0 unspecified atom stereocenters. The van der Waals surface area contributed by atoms with Crippen molar-refractivity contribution in [2.75, 3.05) is 0 Å². The Balaban J connectivity index is 2.81. The maximum atomic E-state index is 10.8. The topological polar surface area (TPSA) is 73.8 Å². The van der Waals surface area contributed by atoms with Gasteiger partial charge >= 0.3 is 5.82 Å². The minimum Gasteiger partial charge on any atom is -0.358 e. The van der Waals surface area contributed by atoms with E-state index in [1.165, 1.54) is 10.7 Å². The number of fused-ring (bicyclic) bond motifs is 1. The highest BCUT2D eigenvalue weighted by atomic mass is 35.5. The van der Waals surface area contributed by atoms with E-state index in [1.54, 1.807) is 6.07 Å². The van der Waals surface area contributed by atoms with Gasteiger partial charge in [0, 0.05) is 0 Å².